The maximum Gasteiger partial charge on any atom is 0.326 e. The molecule has 7 nitrogen and oxygen atoms in total. The largest absolute Gasteiger partial charge is 0.480 e. The third-order valence-electron chi connectivity index (χ3n) is 2.81. The lowest BCUT2D eigenvalue weighted by molar-refractivity contribution is -0.142. The van der Waals surface area contributed by atoms with Crippen molar-refractivity contribution >= 4 is 33.4 Å². The van der Waals surface area contributed by atoms with Crippen molar-refractivity contribution in [2.45, 2.75) is 25.9 Å². The van der Waals surface area contributed by atoms with E-state index in [-0.39, 0.29) is 18.5 Å². The molecule has 8 heteroatoms. The molecule has 0 bridgehead atoms. The Labute approximate surface area is 117 Å². The van der Waals surface area contributed by atoms with E-state index in [1.54, 1.807) is 18.4 Å². The molecule has 0 saturated carbocycles. The number of aromatic nitrogens is 2. The van der Waals surface area contributed by atoms with Gasteiger partial charge in [-0.25, -0.2) is 9.78 Å². The first kappa shape index (κ1) is 14.2. The number of rotatable bonds is 5. The van der Waals surface area contributed by atoms with Crippen molar-refractivity contribution in [1.82, 2.24) is 14.9 Å². The Hall–Kier alpha value is -2.22. The van der Waals surface area contributed by atoms with Crippen molar-refractivity contribution < 1.29 is 14.7 Å². The number of carbonyl (C=O) groups is 2. The smallest absolute Gasteiger partial charge is 0.326 e. The average Bonchev–Trinajstić information content (AvgIpc) is 2.88. The number of aliphatic carboxylic acids is 1. The zero-order chi connectivity index (χ0) is 14.7. The highest BCUT2D eigenvalue weighted by atomic mass is 32.1. The molecule has 0 fully saturated rings. The van der Waals surface area contributed by atoms with Gasteiger partial charge >= 0.3 is 5.97 Å². The lowest BCUT2D eigenvalue weighted by Gasteiger charge is -2.12. The lowest BCUT2D eigenvalue weighted by Crippen LogP contribution is -2.42. The van der Waals surface area contributed by atoms with Crippen molar-refractivity contribution in [3.05, 3.63) is 28.1 Å². The van der Waals surface area contributed by atoms with Gasteiger partial charge in [0.1, 0.15) is 17.4 Å². The number of carboxylic acid groups (broad SMARTS) is 1. The Morgan fingerprint density at radius 2 is 2.30 bits per heavy atom. The fraction of sp³-hybridized carbons (Fsp3) is 0.333. The van der Waals surface area contributed by atoms with E-state index in [1.165, 1.54) is 22.2 Å². The molecule has 106 valence electrons. The Morgan fingerprint density at radius 3 is 2.95 bits per heavy atom. The Bertz CT molecular complexity index is 706. The minimum absolute atomic E-state index is 0.249. The van der Waals surface area contributed by atoms with Crippen LogP contribution in [0.25, 0.3) is 10.2 Å². The molecule has 1 amide bonds. The summed E-state index contributed by atoms with van der Waals surface area (Å²) in [7, 11) is 0. The predicted octanol–water partition coefficient (Wildman–Crippen LogP) is 0.437. The van der Waals surface area contributed by atoms with Crippen LogP contribution in [0, 0.1) is 0 Å². The van der Waals surface area contributed by atoms with Crippen molar-refractivity contribution in [1.29, 1.82) is 0 Å². The molecule has 1 atom stereocenters. The number of fused-ring (bicyclic) bond motifs is 1. The van der Waals surface area contributed by atoms with E-state index >= 15 is 0 Å². The molecular weight excluding hydrogens is 282 g/mol. The highest BCUT2D eigenvalue weighted by molar-refractivity contribution is 7.16. The van der Waals surface area contributed by atoms with Gasteiger partial charge in [0.05, 0.1) is 11.7 Å². The first-order chi connectivity index (χ1) is 9.52. The highest BCUT2D eigenvalue weighted by Crippen LogP contribution is 2.13. The number of nitrogens with zero attached hydrogens (tertiary/aromatic N) is 2. The average molecular weight is 295 g/mol. The van der Waals surface area contributed by atoms with Gasteiger partial charge in [-0.2, -0.15) is 0 Å². The summed E-state index contributed by atoms with van der Waals surface area (Å²) in [5.41, 5.74) is -0.310. The second-order valence-corrected chi connectivity index (χ2v) is 5.08. The zero-order valence-electron chi connectivity index (χ0n) is 10.7. The van der Waals surface area contributed by atoms with Crippen molar-refractivity contribution in [3.8, 4) is 0 Å². The van der Waals surface area contributed by atoms with Crippen LogP contribution in [0.15, 0.2) is 22.6 Å². The van der Waals surface area contributed by atoms with Crippen molar-refractivity contribution in [3.63, 3.8) is 0 Å². The molecule has 2 rings (SSSR count). The first-order valence-electron chi connectivity index (χ1n) is 5.97. The number of carboxylic acids is 1. The van der Waals surface area contributed by atoms with Crippen molar-refractivity contribution in [2.75, 3.05) is 0 Å². The standard InChI is InChI=1S/C12H13N3O4S/c1-2-8(12(18)19)14-9(16)5-15-6-13-10-7(11(15)17)3-4-20-10/h3-4,6,8H,2,5H2,1H3,(H,14,16)(H,18,19). The van der Waals surface area contributed by atoms with Gasteiger partial charge in [0.2, 0.25) is 5.91 Å². The summed E-state index contributed by atoms with van der Waals surface area (Å²) in [6, 6.07) is 0.701. The summed E-state index contributed by atoms with van der Waals surface area (Å²) >= 11 is 1.34. The van der Waals surface area contributed by atoms with E-state index in [1.807, 2.05) is 0 Å². The molecule has 2 heterocycles. The molecule has 20 heavy (non-hydrogen) atoms. The van der Waals surface area contributed by atoms with Crippen LogP contribution in [0.1, 0.15) is 13.3 Å². The Morgan fingerprint density at radius 1 is 1.55 bits per heavy atom. The van der Waals surface area contributed by atoms with Gasteiger partial charge in [-0.15, -0.1) is 11.3 Å². The lowest BCUT2D eigenvalue weighted by atomic mass is 10.2. The monoisotopic (exact) mass is 295 g/mol. The van der Waals surface area contributed by atoms with Crippen LogP contribution in [-0.2, 0) is 16.1 Å². The van der Waals surface area contributed by atoms with Crippen LogP contribution in [0.4, 0.5) is 0 Å². The van der Waals surface area contributed by atoms with E-state index in [4.69, 9.17) is 5.11 Å². The summed E-state index contributed by atoms with van der Waals surface area (Å²) < 4.78 is 1.17. The van der Waals surface area contributed by atoms with Gasteiger partial charge in [0.25, 0.3) is 5.56 Å². The molecule has 1 unspecified atom stereocenters. The Kier molecular flexibility index (Phi) is 4.14. The molecule has 2 aromatic heterocycles. The number of amides is 1. The molecule has 0 spiro atoms. The summed E-state index contributed by atoms with van der Waals surface area (Å²) in [5, 5.41) is 13.4. The molecule has 0 aliphatic heterocycles. The maximum atomic E-state index is 12.0. The van der Waals surface area contributed by atoms with Crippen LogP contribution in [0.3, 0.4) is 0 Å². The molecule has 0 aliphatic rings. The van der Waals surface area contributed by atoms with E-state index in [0.29, 0.717) is 10.2 Å². The third-order valence-corrected chi connectivity index (χ3v) is 3.63. The van der Waals surface area contributed by atoms with Gasteiger partial charge in [-0.1, -0.05) is 6.92 Å². The fourth-order valence-electron chi connectivity index (χ4n) is 1.74. The van der Waals surface area contributed by atoms with Gasteiger partial charge in [-0.3, -0.25) is 14.2 Å². The SMILES string of the molecule is CCC(NC(=O)Cn1cnc2sccc2c1=O)C(=O)O. The first-order valence-corrected chi connectivity index (χ1v) is 6.85. The fourth-order valence-corrected chi connectivity index (χ4v) is 2.46. The van der Waals surface area contributed by atoms with Crippen LogP contribution in [0.5, 0.6) is 0 Å². The van der Waals surface area contributed by atoms with E-state index < -0.39 is 17.9 Å². The number of thiophene rings is 1. The van der Waals surface area contributed by atoms with Crippen molar-refractivity contribution in [2.24, 2.45) is 0 Å². The summed E-state index contributed by atoms with van der Waals surface area (Å²) in [5.74, 6) is -1.63. The number of nitrogens with one attached hydrogen (secondary N) is 1. The molecular formula is C12H13N3O4S. The molecule has 2 aromatic rings. The molecule has 0 aromatic carbocycles. The van der Waals surface area contributed by atoms with Crippen LogP contribution in [-0.4, -0.2) is 32.6 Å². The van der Waals surface area contributed by atoms with E-state index in [9.17, 15) is 14.4 Å². The highest BCUT2D eigenvalue weighted by Gasteiger charge is 2.18. The second kappa shape index (κ2) is 5.83. The van der Waals surface area contributed by atoms with Crippen LogP contribution < -0.4 is 10.9 Å². The summed E-state index contributed by atoms with van der Waals surface area (Å²) in [4.78, 5) is 39.3. The van der Waals surface area contributed by atoms with Crippen LogP contribution >= 0.6 is 11.3 Å². The molecule has 0 aliphatic carbocycles. The predicted molar refractivity (Wildman–Crippen MR) is 73.7 cm³/mol. The van der Waals surface area contributed by atoms with Gasteiger partial charge < -0.3 is 10.4 Å². The van der Waals surface area contributed by atoms with Crippen LogP contribution in [0.2, 0.25) is 0 Å². The minimum Gasteiger partial charge on any atom is -0.480 e. The molecule has 2 N–H and O–H groups in total. The number of hydrogen-bond donors (Lipinski definition) is 2. The molecule has 0 saturated heterocycles. The molecule has 0 radical (unpaired) electrons. The number of carbonyl (C=O) groups excluding carboxylic acids is 1. The second-order valence-electron chi connectivity index (χ2n) is 4.18. The van der Waals surface area contributed by atoms with E-state index in [0.717, 1.165) is 0 Å². The third kappa shape index (κ3) is 2.85. The number of hydrogen-bond acceptors (Lipinski definition) is 5. The summed E-state index contributed by atoms with van der Waals surface area (Å²) in [6.45, 7) is 1.41. The topological polar surface area (TPSA) is 101 Å². The normalized spacial score (nSPS) is 12.2. The zero-order valence-corrected chi connectivity index (χ0v) is 11.5. The van der Waals surface area contributed by atoms with Gasteiger partial charge in [-0.05, 0) is 17.9 Å². The van der Waals surface area contributed by atoms with Gasteiger partial charge in [0.15, 0.2) is 0 Å². The van der Waals surface area contributed by atoms with E-state index in [2.05, 4.69) is 10.3 Å². The quantitative estimate of drug-likeness (QED) is 0.833. The maximum absolute atomic E-state index is 12.0. The summed E-state index contributed by atoms with van der Waals surface area (Å²) in [6.07, 6.45) is 1.57. The Balaban J connectivity index is 2.15. The van der Waals surface area contributed by atoms with Gasteiger partial charge in [0, 0.05) is 0 Å². The minimum atomic E-state index is -1.10.